The van der Waals surface area contributed by atoms with Gasteiger partial charge in [0.15, 0.2) is 0 Å². The largest absolute Gasteiger partial charge is 0.480 e. The molecule has 1 amide bonds. The Hall–Kier alpha value is -1.63. The Morgan fingerprint density at radius 3 is 2.37 bits per heavy atom. The molecule has 104 valence electrons. The monoisotopic (exact) mass is 289 g/mol. The van der Waals surface area contributed by atoms with Crippen LogP contribution in [-0.2, 0) is 15.3 Å². The summed E-state index contributed by atoms with van der Waals surface area (Å²) in [6.07, 6.45) is 0. The van der Waals surface area contributed by atoms with Gasteiger partial charge in [0.1, 0.15) is 17.7 Å². The van der Waals surface area contributed by atoms with Crippen molar-refractivity contribution in [2.75, 3.05) is 5.75 Å². The van der Waals surface area contributed by atoms with E-state index < -0.39 is 29.6 Å². The van der Waals surface area contributed by atoms with E-state index in [4.69, 9.17) is 5.11 Å². The summed E-state index contributed by atoms with van der Waals surface area (Å²) in [7, 11) is 0. The molecule has 0 saturated heterocycles. The van der Waals surface area contributed by atoms with E-state index >= 15 is 0 Å². The molecule has 2 N–H and O–H groups in total. The molecule has 19 heavy (non-hydrogen) atoms. The molecule has 0 spiro atoms. The Balaban J connectivity index is 2.51. The number of benzene rings is 1. The minimum atomic E-state index is -1.15. The maximum Gasteiger partial charge on any atom is 0.327 e. The summed E-state index contributed by atoms with van der Waals surface area (Å²) < 4.78 is 25.8. The quantitative estimate of drug-likeness (QED) is 0.838. The molecule has 0 aliphatic heterocycles. The second-order valence-corrected chi connectivity index (χ2v) is 4.91. The molecule has 0 radical (unpaired) electrons. The number of carboxylic acid groups (broad SMARTS) is 1. The zero-order valence-electron chi connectivity index (χ0n) is 10.2. The number of rotatable bonds is 6. The highest BCUT2D eigenvalue weighted by atomic mass is 32.2. The van der Waals surface area contributed by atoms with Crippen molar-refractivity contribution >= 4 is 23.6 Å². The highest BCUT2D eigenvalue weighted by molar-refractivity contribution is 7.98. The summed E-state index contributed by atoms with van der Waals surface area (Å²) >= 11 is 1.17. The third-order valence-electron chi connectivity index (χ3n) is 2.15. The van der Waals surface area contributed by atoms with Crippen molar-refractivity contribution in [3.05, 3.63) is 35.4 Å². The Bertz CT molecular complexity index is 462. The van der Waals surface area contributed by atoms with Crippen LogP contribution in [0.4, 0.5) is 8.78 Å². The van der Waals surface area contributed by atoms with E-state index in [-0.39, 0.29) is 11.5 Å². The molecule has 1 aromatic rings. The zero-order valence-corrected chi connectivity index (χ0v) is 11.0. The molecular weight excluding hydrogens is 276 g/mol. The molecule has 0 aliphatic rings. The first-order valence-electron chi connectivity index (χ1n) is 5.41. The number of hydrogen-bond acceptors (Lipinski definition) is 3. The number of halogens is 2. The summed E-state index contributed by atoms with van der Waals surface area (Å²) in [6.45, 7) is 1.22. The van der Waals surface area contributed by atoms with Crippen molar-refractivity contribution in [2.45, 2.75) is 18.7 Å². The maximum absolute atomic E-state index is 12.9. The van der Waals surface area contributed by atoms with Crippen molar-refractivity contribution in [2.24, 2.45) is 0 Å². The minimum absolute atomic E-state index is 0.118. The van der Waals surface area contributed by atoms with Crippen LogP contribution in [0.1, 0.15) is 12.5 Å². The summed E-state index contributed by atoms with van der Waals surface area (Å²) in [5, 5.41) is 11.1. The standard InChI is InChI=1S/C12H13F2NO3S/c1-7(16)15-11(12(17)18)6-19-5-8-2-9(13)4-10(14)3-8/h2-4,11H,5-6H2,1H3,(H,15,16)(H,17,18). The topological polar surface area (TPSA) is 66.4 Å². The highest BCUT2D eigenvalue weighted by Gasteiger charge is 2.18. The molecule has 1 atom stereocenters. The van der Waals surface area contributed by atoms with Crippen LogP contribution in [0.15, 0.2) is 18.2 Å². The average molecular weight is 289 g/mol. The lowest BCUT2D eigenvalue weighted by Crippen LogP contribution is -2.41. The van der Waals surface area contributed by atoms with E-state index in [9.17, 15) is 18.4 Å². The van der Waals surface area contributed by atoms with Gasteiger partial charge in [0.25, 0.3) is 0 Å². The fourth-order valence-corrected chi connectivity index (χ4v) is 2.39. The van der Waals surface area contributed by atoms with Crippen LogP contribution in [0.2, 0.25) is 0 Å². The van der Waals surface area contributed by atoms with Crippen molar-refractivity contribution < 1.29 is 23.5 Å². The molecule has 1 rings (SSSR count). The SMILES string of the molecule is CC(=O)NC(CSCc1cc(F)cc(F)c1)C(=O)O. The van der Waals surface area contributed by atoms with Gasteiger partial charge in [-0.05, 0) is 17.7 Å². The smallest absolute Gasteiger partial charge is 0.327 e. The first-order chi connectivity index (χ1) is 8.88. The van der Waals surface area contributed by atoms with Crippen LogP contribution in [0.3, 0.4) is 0 Å². The number of aliphatic carboxylic acids is 1. The third-order valence-corrected chi connectivity index (χ3v) is 3.26. The van der Waals surface area contributed by atoms with Crippen LogP contribution < -0.4 is 5.32 Å². The fraction of sp³-hybridized carbons (Fsp3) is 0.333. The van der Waals surface area contributed by atoms with Gasteiger partial charge in [-0.2, -0.15) is 11.8 Å². The van der Waals surface area contributed by atoms with E-state index in [1.54, 1.807) is 0 Å². The maximum atomic E-state index is 12.9. The Morgan fingerprint density at radius 2 is 1.89 bits per heavy atom. The number of hydrogen-bond donors (Lipinski definition) is 2. The van der Waals surface area contributed by atoms with Gasteiger partial charge in [-0.3, -0.25) is 4.79 Å². The number of carbonyl (C=O) groups excluding carboxylic acids is 1. The molecule has 0 saturated carbocycles. The zero-order chi connectivity index (χ0) is 14.4. The lowest BCUT2D eigenvalue weighted by atomic mass is 10.2. The first-order valence-corrected chi connectivity index (χ1v) is 6.56. The fourth-order valence-electron chi connectivity index (χ4n) is 1.41. The molecule has 7 heteroatoms. The van der Waals surface area contributed by atoms with Crippen molar-refractivity contribution in [3.63, 3.8) is 0 Å². The van der Waals surface area contributed by atoms with Crippen LogP contribution in [0, 0.1) is 11.6 Å². The highest BCUT2D eigenvalue weighted by Crippen LogP contribution is 2.16. The van der Waals surface area contributed by atoms with Gasteiger partial charge in [-0.15, -0.1) is 0 Å². The minimum Gasteiger partial charge on any atom is -0.480 e. The van der Waals surface area contributed by atoms with E-state index in [0.29, 0.717) is 5.56 Å². The molecule has 0 heterocycles. The molecule has 4 nitrogen and oxygen atoms in total. The van der Waals surface area contributed by atoms with E-state index in [1.807, 2.05) is 0 Å². The van der Waals surface area contributed by atoms with E-state index in [1.165, 1.54) is 30.8 Å². The number of thioether (sulfide) groups is 1. The molecule has 1 unspecified atom stereocenters. The van der Waals surface area contributed by atoms with Crippen molar-refractivity contribution in [3.8, 4) is 0 Å². The Labute approximate surface area is 113 Å². The van der Waals surface area contributed by atoms with Crippen LogP contribution >= 0.6 is 11.8 Å². The van der Waals surface area contributed by atoms with Gasteiger partial charge in [0.2, 0.25) is 5.91 Å². The summed E-state index contributed by atoms with van der Waals surface area (Å²) in [6, 6.07) is 2.13. The van der Waals surface area contributed by atoms with Gasteiger partial charge in [0.05, 0.1) is 0 Å². The molecule has 0 bridgehead atoms. The van der Waals surface area contributed by atoms with Crippen molar-refractivity contribution in [1.82, 2.24) is 5.32 Å². The predicted molar refractivity (Wildman–Crippen MR) is 67.8 cm³/mol. The summed E-state index contributed by atoms with van der Waals surface area (Å²) in [5.41, 5.74) is 0.425. The van der Waals surface area contributed by atoms with Crippen LogP contribution in [0.5, 0.6) is 0 Å². The Morgan fingerprint density at radius 1 is 1.32 bits per heavy atom. The molecular formula is C12H13F2NO3S. The van der Waals surface area contributed by atoms with Gasteiger partial charge < -0.3 is 10.4 Å². The van der Waals surface area contributed by atoms with Crippen LogP contribution in [-0.4, -0.2) is 28.8 Å². The molecule has 0 fully saturated rings. The van der Waals surface area contributed by atoms with Gasteiger partial charge >= 0.3 is 5.97 Å². The number of carboxylic acids is 1. The molecule has 0 aromatic heterocycles. The summed E-state index contributed by atoms with van der Waals surface area (Å²) in [5.74, 6) is -2.55. The van der Waals surface area contributed by atoms with E-state index in [0.717, 1.165) is 6.07 Å². The van der Waals surface area contributed by atoms with Gasteiger partial charge in [0, 0.05) is 24.5 Å². The van der Waals surface area contributed by atoms with Gasteiger partial charge in [-0.25, -0.2) is 13.6 Å². The number of carbonyl (C=O) groups is 2. The Kier molecular flexibility index (Phi) is 5.75. The second kappa shape index (κ2) is 7.08. The summed E-state index contributed by atoms with van der Waals surface area (Å²) in [4.78, 5) is 21.6. The van der Waals surface area contributed by atoms with Gasteiger partial charge in [-0.1, -0.05) is 0 Å². The lowest BCUT2D eigenvalue weighted by Gasteiger charge is -2.12. The third kappa shape index (κ3) is 5.69. The van der Waals surface area contributed by atoms with Crippen molar-refractivity contribution in [1.29, 1.82) is 0 Å². The molecule has 1 aromatic carbocycles. The lowest BCUT2D eigenvalue weighted by molar-refractivity contribution is -0.140. The first kappa shape index (κ1) is 15.4. The number of amides is 1. The molecule has 0 aliphatic carbocycles. The normalized spacial score (nSPS) is 11.9. The number of nitrogens with one attached hydrogen (secondary N) is 1. The predicted octanol–water partition coefficient (Wildman–Crippen LogP) is 1.79. The second-order valence-electron chi connectivity index (χ2n) is 3.88. The van der Waals surface area contributed by atoms with Crippen LogP contribution in [0.25, 0.3) is 0 Å². The average Bonchev–Trinajstić information content (AvgIpc) is 2.25. The van der Waals surface area contributed by atoms with E-state index in [2.05, 4.69) is 5.32 Å².